The number of halogens is 1. The molecule has 0 aliphatic carbocycles. The molecule has 0 aromatic heterocycles. The fourth-order valence-electron chi connectivity index (χ4n) is 2.45. The normalized spacial score (nSPS) is 18.8. The number of benzene rings is 1. The van der Waals surface area contributed by atoms with Gasteiger partial charge < -0.3 is 5.32 Å². The molecule has 1 aromatic rings. The molecule has 0 bridgehead atoms. The van der Waals surface area contributed by atoms with E-state index in [0.29, 0.717) is 17.5 Å². The van der Waals surface area contributed by atoms with Crippen molar-refractivity contribution in [2.24, 2.45) is 0 Å². The summed E-state index contributed by atoms with van der Waals surface area (Å²) in [5.41, 5.74) is 1.75. The molecule has 4 nitrogen and oxygen atoms in total. The largest absolute Gasteiger partial charge is 0.314 e. The summed E-state index contributed by atoms with van der Waals surface area (Å²) in [5, 5.41) is 3.37. The summed E-state index contributed by atoms with van der Waals surface area (Å²) >= 11 is 0. The van der Waals surface area contributed by atoms with Crippen LogP contribution in [0.25, 0.3) is 0 Å². The molecule has 1 saturated heterocycles. The molecule has 1 aliphatic heterocycles. The van der Waals surface area contributed by atoms with E-state index < -0.39 is 10.0 Å². The molecule has 0 amide bonds. The van der Waals surface area contributed by atoms with Crippen LogP contribution in [0.5, 0.6) is 0 Å². The van der Waals surface area contributed by atoms with Gasteiger partial charge in [-0.3, -0.25) is 0 Å². The molecule has 6 heteroatoms. The predicted molar refractivity (Wildman–Crippen MR) is 84.0 cm³/mol. The van der Waals surface area contributed by atoms with E-state index in [4.69, 9.17) is 0 Å². The smallest absolute Gasteiger partial charge is 0.240 e. The molecule has 20 heavy (non-hydrogen) atoms. The van der Waals surface area contributed by atoms with Gasteiger partial charge in [-0.15, -0.1) is 12.4 Å². The number of hydrogen-bond donors (Lipinski definition) is 2. The van der Waals surface area contributed by atoms with E-state index >= 15 is 0 Å². The topological polar surface area (TPSA) is 58.2 Å². The number of rotatable bonds is 5. The van der Waals surface area contributed by atoms with Crippen molar-refractivity contribution < 1.29 is 8.42 Å². The quantitative estimate of drug-likeness (QED) is 0.874. The Morgan fingerprint density at radius 1 is 1.35 bits per heavy atom. The Bertz CT molecular complexity index is 540. The first-order valence-electron chi connectivity index (χ1n) is 6.79. The second kappa shape index (κ2) is 7.41. The molecule has 1 atom stereocenters. The molecule has 1 aliphatic rings. The summed E-state index contributed by atoms with van der Waals surface area (Å²) in [5.74, 6) is 0. The predicted octanol–water partition coefficient (Wildman–Crippen LogP) is 2.15. The summed E-state index contributed by atoms with van der Waals surface area (Å²) in [6.07, 6.45) is 3.18. The van der Waals surface area contributed by atoms with Crippen LogP contribution in [0.15, 0.2) is 23.1 Å². The van der Waals surface area contributed by atoms with Crippen molar-refractivity contribution in [1.29, 1.82) is 0 Å². The van der Waals surface area contributed by atoms with Gasteiger partial charge in [0, 0.05) is 12.6 Å². The summed E-state index contributed by atoms with van der Waals surface area (Å²) in [4.78, 5) is 0.395. The second-order valence-electron chi connectivity index (χ2n) is 5.25. The minimum atomic E-state index is -3.38. The minimum Gasteiger partial charge on any atom is -0.314 e. The van der Waals surface area contributed by atoms with Crippen molar-refractivity contribution in [3.63, 3.8) is 0 Å². The highest BCUT2D eigenvalue weighted by Crippen LogP contribution is 2.16. The zero-order chi connectivity index (χ0) is 13.9. The van der Waals surface area contributed by atoms with Crippen LogP contribution in [0, 0.1) is 13.8 Å². The second-order valence-corrected chi connectivity index (χ2v) is 6.98. The van der Waals surface area contributed by atoms with Gasteiger partial charge in [0.2, 0.25) is 10.0 Å². The maximum atomic E-state index is 12.2. The fourth-order valence-corrected chi connectivity index (χ4v) is 3.82. The third kappa shape index (κ3) is 4.45. The van der Waals surface area contributed by atoms with Crippen LogP contribution in [0.4, 0.5) is 0 Å². The lowest BCUT2D eigenvalue weighted by Crippen LogP contribution is -2.31. The Balaban J connectivity index is 0.00000200. The Morgan fingerprint density at radius 3 is 2.75 bits per heavy atom. The maximum Gasteiger partial charge on any atom is 0.240 e. The first-order valence-corrected chi connectivity index (χ1v) is 8.28. The van der Waals surface area contributed by atoms with Gasteiger partial charge in [-0.05, 0) is 56.8 Å². The van der Waals surface area contributed by atoms with E-state index in [1.54, 1.807) is 6.07 Å². The molecule has 2 N–H and O–H groups in total. The first-order chi connectivity index (χ1) is 8.99. The van der Waals surface area contributed by atoms with Crippen molar-refractivity contribution in [3.8, 4) is 0 Å². The molecule has 2 rings (SSSR count). The molecule has 114 valence electrons. The van der Waals surface area contributed by atoms with Crippen molar-refractivity contribution in [2.45, 2.75) is 44.0 Å². The van der Waals surface area contributed by atoms with Crippen molar-refractivity contribution >= 4 is 22.4 Å². The lowest BCUT2D eigenvalue weighted by molar-refractivity contribution is 0.539. The molecule has 1 aromatic carbocycles. The summed E-state index contributed by atoms with van der Waals surface area (Å²) in [6, 6.07) is 5.96. The standard InChI is InChI=1S/C14H22N2O2S.ClH/c1-11-5-6-12(2)14(10-11)19(17,18)16-9-7-13-4-3-8-15-13;/h5-6,10,13,15-16H,3-4,7-9H2,1-2H3;1H/t13-;/m1./s1. The van der Waals surface area contributed by atoms with Crippen molar-refractivity contribution in [2.75, 3.05) is 13.1 Å². The van der Waals surface area contributed by atoms with Crippen LogP contribution in [0.3, 0.4) is 0 Å². The Labute approximate surface area is 127 Å². The van der Waals surface area contributed by atoms with Crippen LogP contribution in [-0.2, 0) is 10.0 Å². The molecular formula is C14H23ClN2O2S. The van der Waals surface area contributed by atoms with Gasteiger partial charge in [0.1, 0.15) is 0 Å². The third-order valence-corrected chi connectivity index (χ3v) is 5.18. The molecule has 0 saturated carbocycles. The lowest BCUT2D eigenvalue weighted by atomic mass is 10.2. The highest BCUT2D eigenvalue weighted by atomic mass is 35.5. The minimum absolute atomic E-state index is 0. The monoisotopic (exact) mass is 318 g/mol. The van der Waals surface area contributed by atoms with Gasteiger partial charge in [-0.2, -0.15) is 0 Å². The Kier molecular flexibility index (Phi) is 6.45. The molecule has 1 heterocycles. The molecule has 0 unspecified atom stereocenters. The third-order valence-electron chi connectivity index (χ3n) is 3.58. The van der Waals surface area contributed by atoms with Crippen LogP contribution in [-0.4, -0.2) is 27.5 Å². The van der Waals surface area contributed by atoms with Crippen LogP contribution in [0.2, 0.25) is 0 Å². The highest BCUT2D eigenvalue weighted by Gasteiger charge is 2.18. The number of hydrogen-bond acceptors (Lipinski definition) is 3. The summed E-state index contributed by atoms with van der Waals surface area (Å²) in [7, 11) is -3.38. The SMILES string of the molecule is Cc1ccc(C)c(S(=O)(=O)NCC[C@H]2CCCN2)c1.Cl. The zero-order valence-corrected chi connectivity index (χ0v) is 13.6. The van der Waals surface area contributed by atoms with Gasteiger partial charge in [0.25, 0.3) is 0 Å². The Morgan fingerprint density at radius 2 is 2.10 bits per heavy atom. The molecular weight excluding hydrogens is 296 g/mol. The Hall–Kier alpha value is -0.620. The molecule has 0 spiro atoms. The van der Waals surface area contributed by atoms with Gasteiger partial charge in [0.15, 0.2) is 0 Å². The van der Waals surface area contributed by atoms with Crippen LogP contribution < -0.4 is 10.0 Å². The van der Waals surface area contributed by atoms with Gasteiger partial charge >= 0.3 is 0 Å². The average molecular weight is 319 g/mol. The van der Waals surface area contributed by atoms with E-state index in [1.807, 2.05) is 26.0 Å². The van der Waals surface area contributed by atoms with Gasteiger partial charge in [0.05, 0.1) is 4.90 Å². The molecule has 1 fully saturated rings. The molecule has 0 radical (unpaired) electrons. The van der Waals surface area contributed by atoms with E-state index in [-0.39, 0.29) is 12.4 Å². The number of aryl methyl sites for hydroxylation is 2. The van der Waals surface area contributed by atoms with E-state index in [9.17, 15) is 8.42 Å². The zero-order valence-electron chi connectivity index (χ0n) is 12.0. The van der Waals surface area contributed by atoms with Gasteiger partial charge in [-0.1, -0.05) is 12.1 Å². The fraction of sp³-hybridized carbons (Fsp3) is 0.571. The highest BCUT2D eigenvalue weighted by molar-refractivity contribution is 7.89. The van der Waals surface area contributed by atoms with Gasteiger partial charge in [-0.25, -0.2) is 13.1 Å². The van der Waals surface area contributed by atoms with E-state index in [1.165, 1.54) is 6.42 Å². The van der Waals surface area contributed by atoms with Crippen molar-refractivity contribution in [1.82, 2.24) is 10.0 Å². The maximum absolute atomic E-state index is 12.2. The van der Waals surface area contributed by atoms with Crippen molar-refractivity contribution in [3.05, 3.63) is 29.3 Å². The number of sulfonamides is 1. The van der Waals surface area contributed by atoms with Crippen LogP contribution >= 0.6 is 12.4 Å². The average Bonchev–Trinajstić information content (AvgIpc) is 2.85. The van der Waals surface area contributed by atoms with Crippen LogP contribution in [0.1, 0.15) is 30.4 Å². The van der Waals surface area contributed by atoms with E-state index in [0.717, 1.165) is 30.5 Å². The first kappa shape index (κ1) is 17.4. The summed E-state index contributed by atoms with van der Waals surface area (Å²) < 4.78 is 27.2. The van der Waals surface area contributed by atoms with E-state index in [2.05, 4.69) is 10.0 Å². The number of nitrogens with one attached hydrogen (secondary N) is 2. The summed E-state index contributed by atoms with van der Waals surface area (Å²) in [6.45, 7) is 5.27. The lowest BCUT2D eigenvalue weighted by Gasteiger charge is -2.12.